The molecule has 0 saturated carbocycles. The molecule has 4 rings (SSSR count). The second-order valence-corrected chi connectivity index (χ2v) is 8.82. The zero-order valence-electron chi connectivity index (χ0n) is 17.2. The van der Waals surface area contributed by atoms with Crippen LogP contribution in [-0.2, 0) is 16.6 Å². The molecule has 4 nitrogen and oxygen atoms in total. The SMILES string of the molecule is CC(C)(C)c1ccc(CC(=O)Nc2cccc(-c3nc4cc(Cl)ccc4o3)c2)cc1. The third-order valence-electron chi connectivity index (χ3n) is 4.93. The second kappa shape index (κ2) is 7.96. The summed E-state index contributed by atoms with van der Waals surface area (Å²) in [7, 11) is 0. The standard InChI is InChI=1S/C25H23ClN2O2/c1-25(2,3)18-9-7-16(8-10-18)13-23(29)27-20-6-4-5-17(14-20)24-28-21-15-19(26)11-12-22(21)30-24/h4-12,14-15H,13H2,1-3H3,(H,27,29). The Morgan fingerprint density at radius 1 is 1.03 bits per heavy atom. The van der Waals surface area contributed by atoms with Crippen LogP contribution in [0.5, 0.6) is 0 Å². The number of carbonyl (C=O) groups excluding carboxylic acids is 1. The summed E-state index contributed by atoms with van der Waals surface area (Å²) < 4.78 is 5.82. The molecule has 0 saturated heterocycles. The molecule has 0 aliphatic carbocycles. The van der Waals surface area contributed by atoms with Gasteiger partial charge in [0, 0.05) is 16.3 Å². The van der Waals surface area contributed by atoms with Gasteiger partial charge < -0.3 is 9.73 Å². The van der Waals surface area contributed by atoms with Gasteiger partial charge in [-0.15, -0.1) is 0 Å². The summed E-state index contributed by atoms with van der Waals surface area (Å²) in [6.07, 6.45) is 0.316. The number of benzene rings is 3. The summed E-state index contributed by atoms with van der Waals surface area (Å²) >= 11 is 6.02. The van der Waals surface area contributed by atoms with Gasteiger partial charge in [-0.25, -0.2) is 4.98 Å². The fourth-order valence-electron chi connectivity index (χ4n) is 3.27. The Kier molecular flexibility index (Phi) is 5.35. The Morgan fingerprint density at radius 2 is 1.80 bits per heavy atom. The van der Waals surface area contributed by atoms with E-state index in [-0.39, 0.29) is 11.3 Å². The number of nitrogens with one attached hydrogen (secondary N) is 1. The number of carbonyl (C=O) groups is 1. The molecule has 0 unspecified atom stereocenters. The molecule has 4 aromatic rings. The summed E-state index contributed by atoms with van der Waals surface area (Å²) in [6.45, 7) is 6.52. The lowest BCUT2D eigenvalue weighted by Gasteiger charge is -2.19. The van der Waals surface area contributed by atoms with Crippen LogP contribution in [0.25, 0.3) is 22.6 Å². The number of aromatic nitrogens is 1. The van der Waals surface area contributed by atoms with E-state index in [2.05, 4.69) is 43.2 Å². The highest BCUT2D eigenvalue weighted by molar-refractivity contribution is 6.31. The van der Waals surface area contributed by atoms with Gasteiger partial charge in [0.1, 0.15) is 5.52 Å². The molecule has 0 aliphatic heterocycles. The largest absolute Gasteiger partial charge is 0.436 e. The van der Waals surface area contributed by atoms with E-state index >= 15 is 0 Å². The van der Waals surface area contributed by atoms with Gasteiger partial charge in [0.25, 0.3) is 0 Å². The van der Waals surface area contributed by atoms with E-state index < -0.39 is 0 Å². The summed E-state index contributed by atoms with van der Waals surface area (Å²) in [4.78, 5) is 17.0. The van der Waals surface area contributed by atoms with Gasteiger partial charge in [0.15, 0.2) is 5.58 Å². The van der Waals surface area contributed by atoms with Crippen molar-refractivity contribution in [2.45, 2.75) is 32.6 Å². The predicted octanol–water partition coefficient (Wildman–Crippen LogP) is 6.63. The molecule has 3 aromatic carbocycles. The summed E-state index contributed by atoms with van der Waals surface area (Å²) in [6, 6.07) is 21.0. The first-order chi connectivity index (χ1) is 14.3. The topological polar surface area (TPSA) is 55.1 Å². The Labute approximate surface area is 180 Å². The van der Waals surface area contributed by atoms with Crippen LogP contribution in [0.4, 0.5) is 5.69 Å². The molecule has 0 spiro atoms. The molecule has 1 N–H and O–H groups in total. The van der Waals surface area contributed by atoms with Crippen LogP contribution < -0.4 is 5.32 Å². The van der Waals surface area contributed by atoms with Gasteiger partial charge in [-0.05, 0) is 52.9 Å². The predicted molar refractivity (Wildman–Crippen MR) is 122 cm³/mol. The lowest BCUT2D eigenvalue weighted by Crippen LogP contribution is -2.15. The van der Waals surface area contributed by atoms with Crippen molar-refractivity contribution in [2.24, 2.45) is 0 Å². The van der Waals surface area contributed by atoms with Gasteiger partial charge in [-0.1, -0.05) is 62.7 Å². The molecule has 0 radical (unpaired) electrons. The van der Waals surface area contributed by atoms with Crippen LogP contribution in [0.1, 0.15) is 31.9 Å². The molecule has 0 bridgehead atoms. The smallest absolute Gasteiger partial charge is 0.228 e. The van der Waals surface area contributed by atoms with Gasteiger partial charge >= 0.3 is 0 Å². The summed E-state index contributed by atoms with van der Waals surface area (Å²) in [5.41, 5.74) is 5.18. The number of halogens is 1. The summed E-state index contributed by atoms with van der Waals surface area (Å²) in [5.74, 6) is 0.418. The maximum atomic E-state index is 12.5. The minimum Gasteiger partial charge on any atom is -0.436 e. The van der Waals surface area contributed by atoms with E-state index in [0.29, 0.717) is 34.1 Å². The molecule has 30 heavy (non-hydrogen) atoms. The molecule has 1 aromatic heterocycles. The molecular weight excluding hydrogens is 396 g/mol. The number of amides is 1. The molecule has 0 aliphatic rings. The zero-order chi connectivity index (χ0) is 21.3. The molecule has 5 heteroatoms. The minimum atomic E-state index is -0.0694. The van der Waals surface area contributed by atoms with E-state index in [1.54, 1.807) is 18.2 Å². The van der Waals surface area contributed by atoms with Crippen LogP contribution >= 0.6 is 11.6 Å². The van der Waals surface area contributed by atoms with Crippen molar-refractivity contribution in [2.75, 3.05) is 5.32 Å². The van der Waals surface area contributed by atoms with E-state index in [1.807, 2.05) is 36.4 Å². The Hall–Kier alpha value is -3.11. The lowest BCUT2D eigenvalue weighted by atomic mass is 9.86. The fourth-order valence-corrected chi connectivity index (χ4v) is 3.43. The number of fused-ring (bicyclic) bond motifs is 1. The maximum absolute atomic E-state index is 12.5. The average Bonchev–Trinajstić information content (AvgIpc) is 3.11. The Balaban J connectivity index is 1.47. The van der Waals surface area contributed by atoms with E-state index in [1.165, 1.54) is 5.56 Å². The van der Waals surface area contributed by atoms with Crippen LogP contribution in [0.3, 0.4) is 0 Å². The second-order valence-electron chi connectivity index (χ2n) is 8.38. The molecule has 152 valence electrons. The monoisotopic (exact) mass is 418 g/mol. The lowest BCUT2D eigenvalue weighted by molar-refractivity contribution is -0.115. The molecule has 1 amide bonds. The van der Waals surface area contributed by atoms with Crippen molar-refractivity contribution in [1.29, 1.82) is 0 Å². The van der Waals surface area contributed by atoms with Crippen molar-refractivity contribution in [3.05, 3.63) is 82.9 Å². The van der Waals surface area contributed by atoms with Crippen molar-refractivity contribution in [3.8, 4) is 11.5 Å². The van der Waals surface area contributed by atoms with Gasteiger partial charge in [-0.2, -0.15) is 0 Å². The highest BCUT2D eigenvalue weighted by Gasteiger charge is 2.14. The normalized spacial score (nSPS) is 11.6. The van der Waals surface area contributed by atoms with Crippen molar-refractivity contribution < 1.29 is 9.21 Å². The van der Waals surface area contributed by atoms with E-state index in [9.17, 15) is 4.79 Å². The van der Waals surface area contributed by atoms with Crippen LogP contribution in [-0.4, -0.2) is 10.9 Å². The first kappa shape index (κ1) is 20.2. The Bertz CT molecular complexity index is 1200. The van der Waals surface area contributed by atoms with E-state index in [0.717, 1.165) is 11.1 Å². The first-order valence-corrected chi connectivity index (χ1v) is 10.2. The molecule has 0 fully saturated rings. The van der Waals surface area contributed by atoms with Crippen molar-refractivity contribution in [3.63, 3.8) is 0 Å². The number of nitrogens with zero attached hydrogens (tertiary/aromatic N) is 1. The van der Waals surface area contributed by atoms with Gasteiger partial charge in [-0.3, -0.25) is 4.79 Å². The van der Waals surface area contributed by atoms with Crippen LogP contribution in [0, 0.1) is 0 Å². The third-order valence-corrected chi connectivity index (χ3v) is 5.16. The fraction of sp³-hybridized carbons (Fsp3) is 0.200. The molecular formula is C25H23ClN2O2. The first-order valence-electron chi connectivity index (χ1n) is 9.84. The van der Waals surface area contributed by atoms with Crippen LogP contribution in [0.2, 0.25) is 5.02 Å². The number of rotatable bonds is 4. The van der Waals surface area contributed by atoms with Crippen molar-refractivity contribution >= 4 is 34.3 Å². The van der Waals surface area contributed by atoms with Gasteiger partial charge in [0.05, 0.1) is 6.42 Å². The van der Waals surface area contributed by atoms with Crippen molar-refractivity contribution in [1.82, 2.24) is 4.98 Å². The average molecular weight is 419 g/mol. The number of hydrogen-bond donors (Lipinski definition) is 1. The highest BCUT2D eigenvalue weighted by atomic mass is 35.5. The Morgan fingerprint density at radius 3 is 2.53 bits per heavy atom. The molecule has 1 heterocycles. The number of anilines is 1. The minimum absolute atomic E-state index is 0.0694. The highest BCUT2D eigenvalue weighted by Crippen LogP contribution is 2.28. The van der Waals surface area contributed by atoms with Crippen LogP contribution in [0.15, 0.2) is 71.1 Å². The maximum Gasteiger partial charge on any atom is 0.228 e. The summed E-state index contributed by atoms with van der Waals surface area (Å²) in [5, 5.41) is 3.57. The van der Waals surface area contributed by atoms with Gasteiger partial charge in [0.2, 0.25) is 11.8 Å². The third kappa shape index (κ3) is 4.55. The van der Waals surface area contributed by atoms with E-state index in [4.69, 9.17) is 16.0 Å². The molecule has 0 atom stereocenters. The zero-order valence-corrected chi connectivity index (χ0v) is 18.0. The quantitative estimate of drug-likeness (QED) is 0.404. The number of oxazole rings is 1. The number of hydrogen-bond acceptors (Lipinski definition) is 3.